The van der Waals surface area contributed by atoms with Gasteiger partial charge in [-0.1, -0.05) is 12.7 Å². The number of ether oxygens (including phenoxy) is 1. The summed E-state index contributed by atoms with van der Waals surface area (Å²) in [5.74, 6) is -1.68. The van der Waals surface area contributed by atoms with Crippen LogP contribution in [0.3, 0.4) is 0 Å². The zero-order valence-electron chi connectivity index (χ0n) is 7.04. The van der Waals surface area contributed by atoms with Gasteiger partial charge in [-0.2, -0.15) is 0 Å². The minimum atomic E-state index is -0.826. The molecule has 0 spiro atoms. The summed E-state index contributed by atoms with van der Waals surface area (Å²) >= 11 is 0. The minimum Gasteiger partial charge on any atom is -0.458 e. The Hall–Kier alpha value is -1.98. The topological polar surface area (TPSA) is 128 Å². The molecular weight excluding hydrogens is 172 g/mol. The number of hydrogen-bond donors (Lipinski definition) is 4. The van der Waals surface area contributed by atoms with Crippen LogP contribution >= 0.6 is 0 Å². The normalized spacial score (nSPS) is 8.62. The molecule has 0 rings (SSSR count). The van der Waals surface area contributed by atoms with Crippen LogP contribution in [0.15, 0.2) is 24.0 Å². The molecule has 0 heterocycles. The van der Waals surface area contributed by atoms with Gasteiger partial charge in [-0.3, -0.25) is 5.41 Å². The molecule has 0 aromatic heterocycles. The smallest absolute Gasteiger partial charge is 0.345 e. The van der Waals surface area contributed by atoms with Crippen LogP contribution in [0.1, 0.15) is 0 Å². The van der Waals surface area contributed by atoms with Gasteiger partial charge in [-0.05, 0) is 0 Å². The predicted molar refractivity (Wildman–Crippen MR) is 48.5 cm³/mol. The molecule has 0 fully saturated rings. The number of nitrogens with two attached hydrogens (primary N) is 3. The van der Waals surface area contributed by atoms with E-state index in [9.17, 15) is 4.79 Å². The molecule has 0 aliphatic rings. The van der Waals surface area contributed by atoms with E-state index in [1.807, 2.05) is 0 Å². The first-order valence-corrected chi connectivity index (χ1v) is 3.38. The zero-order chi connectivity index (χ0) is 10.4. The van der Waals surface area contributed by atoms with E-state index in [0.29, 0.717) is 0 Å². The van der Waals surface area contributed by atoms with E-state index >= 15 is 0 Å². The Morgan fingerprint density at radius 3 is 2.31 bits per heavy atom. The van der Waals surface area contributed by atoms with Crippen molar-refractivity contribution in [3.63, 3.8) is 0 Å². The lowest BCUT2D eigenvalue weighted by Crippen LogP contribution is -2.28. The second-order valence-corrected chi connectivity index (χ2v) is 2.13. The third kappa shape index (κ3) is 3.28. The first kappa shape index (κ1) is 11.0. The summed E-state index contributed by atoms with van der Waals surface area (Å²) < 4.78 is 4.58. The van der Waals surface area contributed by atoms with E-state index < -0.39 is 11.8 Å². The van der Waals surface area contributed by atoms with Gasteiger partial charge >= 0.3 is 5.97 Å². The fourth-order valence-corrected chi connectivity index (χ4v) is 0.590. The molecule has 0 atom stereocenters. The van der Waals surface area contributed by atoms with Gasteiger partial charge in [0.2, 0.25) is 0 Å². The average molecular weight is 184 g/mol. The second-order valence-electron chi connectivity index (χ2n) is 2.13. The Bertz CT molecular complexity index is 266. The van der Waals surface area contributed by atoms with E-state index in [1.165, 1.54) is 6.08 Å². The Balaban J connectivity index is 4.59. The molecule has 0 radical (unpaired) electrons. The van der Waals surface area contributed by atoms with E-state index in [2.05, 4.69) is 11.3 Å². The maximum absolute atomic E-state index is 11.1. The summed E-state index contributed by atoms with van der Waals surface area (Å²) in [6, 6.07) is 0. The maximum atomic E-state index is 11.1. The Labute approximate surface area is 75.5 Å². The third-order valence-electron chi connectivity index (χ3n) is 1.09. The van der Waals surface area contributed by atoms with Crippen LogP contribution in [0.2, 0.25) is 0 Å². The van der Waals surface area contributed by atoms with Gasteiger partial charge in [0.15, 0.2) is 0 Å². The number of hydrogen-bond acceptors (Lipinski definition) is 5. The summed E-state index contributed by atoms with van der Waals surface area (Å²) in [6.45, 7) is 3.36. The molecule has 72 valence electrons. The van der Waals surface area contributed by atoms with Crippen molar-refractivity contribution >= 4 is 11.8 Å². The Morgan fingerprint density at radius 1 is 1.46 bits per heavy atom. The van der Waals surface area contributed by atoms with Gasteiger partial charge in [-0.25, -0.2) is 4.79 Å². The molecule has 0 amide bonds. The number of nitrogens with one attached hydrogen (secondary N) is 1. The number of rotatable bonds is 4. The summed E-state index contributed by atoms with van der Waals surface area (Å²) in [5.41, 5.74) is 15.0. The van der Waals surface area contributed by atoms with Crippen LogP contribution in [-0.2, 0) is 9.53 Å². The van der Waals surface area contributed by atoms with Crippen molar-refractivity contribution < 1.29 is 9.53 Å². The fraction of sp³-hybridized carbons (Fsp3) is 0.143. The molecule has 0 aromatic carbocycles. The van der Waals surface area contributed by atoms with Crippen molar-refractivity contribution in [2.24, 2.45) is 17.2 Å². The van der Waals surface area contributed by atoms with Gasteiger partial charge in [0.1, 0.15) is 23.8 Å². The molecule has 0 unspecified atom stereocenters. The van der Waals surface area contributed by atoms with Crippen molar-refractivity contribution in [3.8, 4) is 0 Å². The molecule has 6 nitrogen and oxygen atoms in total. The van der Waals surface area contributed by atoms with Gasteiger partial charge in [-0.15, -0.1) is 0 Å². The number of esters is 1. The minimum absolute atomic E-state index is 0.0168. The van der Waals surface area contributed by atoms with Gasteiger partial charge in [0.05, 0.1) is 0 Å². The summed E-state index contributed by atoms with van der Waals surface area (Å²) in [7, 11) is 0. The van der Waals surface area contributed by atoms with E-state index in [0.717, 1.165) is 0 Å². The molecule has 0 bridgehead atoms. The molecule has 0 saturated heterocycles. The van der Waals surface area contributed by atoms with E-state index in [1.54, 1.807) is 0 Å². The zero-order valence-corrected chi connectivity index (χ0v) is 7.04. The summed E-state index contributed by atoms with van der Waals surface area (Å²) in [6.07, 6.45) is 1.38. The third-order valence-corrected chi connectivity index (χ3v) is 1.09. The van der Waals surface area contributed by atoms with Crippen molar-refractivity contribution in [2.45, 2.75) is 0 Å². The highest BCUT2D eigenvalue weighted by Gasteiger charge is 2.16. The first-order valence-electron chi connectivity index (χ1n) is 3.38. The summed E-state index contributed by atoms with van der Waals surface area (Å²) in [4.78, 5) is 11.1. The molecule has 0 aliphatic heterocycles. The van der Waals surface area contributed by atoms with Crippen molar-refractivity contribution in [1.82, 2.24) is 0 Å². The summed E-state index contributed by atoms with van der Waals surface area (Å²) in [5, 5.41) is 6.98. The number of carbonyl (C=O) groups excluding carboxylic acids is 1. The second kappa shape index (κ2) is 4.81. The van der Waals surface area contributed by atoms with Gasteiger partial charge in [0.25, 0.3) is 0 Å². The van der Waals surface area contributed by atoms with E-state index in [4.69, 9.17) is 22.6 Å². The first-order chi connectivity index (χ1) is 6.00. The van der Waals surface area contributed by atoms with Crippen molar-refractivity contribution in [1.29, 1.82) is 5.41 Å². The fourth-order valence-electron chi connectivity index (χ4n) is 0.590. The van der Waals surface area contributed by atoms with Crippen LogP contribution in [0.5, 0.6) is 0 Å². The van der Waals surface area contributed by atoms with Crippen LogP contribution in [-0.4, -0.2) is 18.4 Å². The molecular formula is C7H12N4O2. The van der Waals surface area contributed by atoms with Gasteiger partial charge < -0.3 is 21.9 Å². The van der Waals surface area contributed by atoms with Gasteiger partial charge in [0, 0.05) is 0 Å². The molecule has 13 heavy (non-hydrogen) atoms. The monoisotopic (exact) mass is 184 g/mol. The predicted octanol–water partition coefficient (Wildman–Crippen LogP) is -1.22. The highest BCUT2D eigenvalue weighted by atomic mass is 16.5. The van der Waals surface area contributed by atoms with Crippen LogP contribution in [0.25, 0.3) is 0 Å². The lowest BCUT2D eigenvalue weighted by Gasteiger charge is -2.05. The number of carbonyl (C=O) groups is 1. The lowest BCUT2D eigenvalue weighted by molar-refractivity contribution is -0.137. The molecule has 7 N–H and O–H groups in total. The standard InChI is InChI=1S/C7H12N4O2/c1-2-3-13-7(12)4(5(8)9)6(10)11/h2H,1,3,8-9H2,(H3,10,11). The quantitative estimate of drug-likeness (QED) is 0.143. The van der Waals surface area contributed by atoms with Crippen LogP contribution in [0, 0.1) is 5.41 Å². The maximum Gasteiger partial charge on any atom is 0.345 e. The van der Waals surface area contributed by atoms with E-state index in [-0.39, 0.29) is 18.0 Å². The lowest BCUT2D eigenvalue weighted by atomic mass is 10.2. The van der Waals surface area contributed by atoms with Crippen molar-refractivity contribution in [3.05, 3.63) is 24.0 Å². The molecule has 0 saturated carbocycles. The van der Waals surface area contributed by atoms with Crippen molar-refractivity contribution in [2.75, 3.05) is 6.61 Å². The average Bonchev–Trinajstić information content (AvgIpc) is 1.99. The molecule has 0 aromatic rings. The highest BCUT2D eigenvalue weighted by Crippen LogP contribution is 1.98. The SMILES string of the molecule is C=CCOC(=O)C(C(=N)N)=C(N)N. The Morgan fingerprint density at radius 2 is 2.00 bits per heavy atom. The highest BCUT2D eigenvalue weighted by molar-refractivity contribution is 6.17. The number of amidine groups is 1. The molecule has 6 heteroatoms. The van der Waals surface area contributed by atoms with Crippen LogP contribution < -0.4 is 17.2 Å². The van der Waals surface area contributed by atoms with Crippen LogP contribution in [0.4, 0.5) is 0 Å². The Kier molecular flexibility index (Phi) is 4.08. The largest absolute Gasteiger partial charge is 0.458 e. The molecule has 0 aliphatic carbocycles.